The van der Waals surface area contributed by atoms with Crippen LogP contribution in [0.5, 0.6) is 0 Å². The van der Waals surface area contributed by atoms with Crippen LogP contribution in [0.4, 0.5) is 45.5 Å². The van der Waals surface area contributed by atoms with Crippen LogP contribution >= 0.6 is 0 Å². The van der Waals surface area contributed by atoms with Crippen LogP contribution < -0.4 is 25.5 Å². The molecule has 3 heterocycles. The molecule has 4 aliphatic rings. The first-order valence-corrected chi connectivity index (χ1v) is 29.4. The molecule has 8 aromatic carbocycles. The van der Waals surface area contributed by atoms with Crippen molar-refractivity contribution < 1.29 is 4.42 Å². The van der Waals surface area contributed by atoms with Gasteiger partial charge in [0.1, 0.15) is 11.2 Å². The number of hydrogen-bond acceptors (Lipinski definition) is 4. The highest BCUT2D eigenvalue weighted by Crippen LogP contribution is 2.55. The van der Waals surface area contributed by atoms with Gasteiger partial charge < -0.3 is 19.0 Å². The van der Waals surface area contributed by atoms with Crippen molar-refractivity contribution in [1.29, 1.82) is 0 Å². The Morgan fingerprint density at radius 1 is 0.456 bits per heavy atom. The number of fused-ring (bicyclic) bond motifs is 9. The van der Waals surface area contributed by atoms with Gasteiger partial charge in [0.05, 0.1) is 0 Å². The van der Waals surface area contributed by atoms with Crippen molar-refractivity contribution in [2.45, 2.75) is 169 Å². The van der Waals surface area contributed by atoms with E-state index in [0.29, 0.717) is 0 Å². The second kappa shape index (κ2) is 17.3. The lowest BCUT2D eigenvalue weighted by atomic mass is 9.43. The molecule has 1 aromatic heterocycles. The Morgan fingerprint density at radius 2 is 1.08 bits per heavy atom. The van der Waals surface area contributed by atoms with Crippen LogP contribution in [-0.2, 0) is 32.5 Å². The van der Waals surface area contributed by atoms with Crippen molar-refractivity contribution in [1.82, 2.24) is 0 Å². The zero-order valence-corrected chi connectivity index (χ0v) is 50.0. The minimum absolute atomic E-state index is 0.00969. The summed E-state index contributed by atoms with van der Waals surface area (Å²) in [5.74, 6) is 0. The van der Waals surface area contributed by atoms with Gasteiger partial charge in [-0.05, 0) is 218 Å². The monoisotopic (exact) mass is 1040 g/mol. The summed E-state index contributed by atoms with van der Waals surface area (Å²) in [5.41, 5.74) is 27.6. The zero-order valence-electron chi connectivity index (χ0n) is 50.0. The average Bonchev–Trinajstić information content (AvgIpc) is 3.69. The van der Waals surface area contributed by atoms with Crippen LogP contribution in [0, 0.1) is 13.8 Å². The third-order valence-electron chi connectivity index (χ3n) is 19.4. The highest BCUT2D eigenvalue weighted by atomic mass is 16.3. The van der Waals surface area contributed by atoms with Crippen molar-refractivity contribution in [3.63, 3.8) is 0 Å². The number of benzene rings is 8. The maximum atomic E-state index is 6.83. The molecule has 0 N–H and O–H groups in total. The highest BCUT2D eigenvalue weighted by molar-refractivity contribution is 6.93. The first kappa shape index (κ1) is 51.5. The van der Waals surface area contributed by atoms with Gasteiger partial charge in [-0.2, -0.15) is 0 Å². The summed E-state index contributed by atoms with van der Waals surface area (Å²) in [6.07, 6.45) is 4.63. The summed E-state index contributed by atoms with van der Waals surface area (Å²) < 4.78 is 6.83. The van der Waals surface area contributed by atoms with E-state index in [4.69, 9.17) is 4.42 Å². The Labute approximate surface area is 472 Å². The Morgan fingerprint density at radius 3 is 1.76 bits per heavy atom. The molecular weight excluding hydrogens is 958 g/mol. The molecule has 4 nitrogen and oxygen atoms in total. The number of para-hydroxylation sites is 1. The number of aryl methyl sites for hydroxylation is 2. The van der Waals surface area contributed by atoms with Crippen molar-refractivity contribution in [3.8, 4) is 11.1 Å². The van der Waals surface area contributed by atoms with E-state index in [-0.39, 0.29) is 39.3 Å². The number of anilines is 8. The van der Waals surface area contributed by atoms with Crippen LogP contribution in [-0.4, -0.2) is 6.85 Å². The summed E-state index contributed by atoms with van der Waals surface area (Å²) in [5, 5.41) is 2.28. The van der Waals surface area contributed by atoms with Crippen LogP contribution in [0.25, 0.3) is 33.1 Å². The van der Waals surface area contributed by atoms with E-state index in [1.54, 1.807) is 0 Å². The molecule has 0 atom stereocenters. The van der Waals surface area contributed by atoms with E-state index >= 15 is 0 Å². The third kappa shape index (κ3) is 8.13. The molecule has 0 radical (unpaired) electrons. The lowest BCUT2D eigenvalue weighted by Crippen LogP contribution is -2.61. The van der Waals surface area contributed by atoms with Gasteiger partial charge in [-0.1, -0.05) is 158 Å². The second-order valence-corrected chi connectivity index (χ2v) is 28.9. The van der Waals surface area contributed by atoms with Gasteiger partial charge >= 0.3 is 6.85 Å². The summed E-state index contributed by atoms with van der Waals surface area (Å²) in [6, 6.07) is 57.1. The molecule has 2 aliphatic heterocycles. The maximum Gasteiger partial charge on any atom is 0.333 e. The summed E-state index contributed by atoms with van der Waals surface area (Å²) in [4.78, 5) is 7.92. The van der Waals surface area contributed by atoms with Gasteiger partial charge in [0.2, 0.25) is 0 Å². The Bertz CT molecular complexity index is 3980. The normalized spacial score (nSPS) is 17.5. The van der Waals surface area contributed by atoms with E-state index in [1.807, 2.05) is 0 Å². The van der Waals surface area contributed by atoms with Gasteiger partial charge in [-0.15, -0.1) is 0 Å². The van der Waals surface area contributed by atoms with Gasteiger partial charge in [-0.25, -0.2) is 0 Å². The Kier molecular flexibility index (Phi) is 11.2. The smallest absolute Gasteiger partial charge is 0.333 e. The molecule has 0 spiro atoms. The molecule has 0 fully saturated rings. The van der Waals surface area contributed by atoms with Crippen LogP contribution in [0.3, 0.4) is 0 Å². The predicted octanol–water partition coefficient (Wildman–Crippen LogP) is 19.7. The van der Waals surface area contributed by atoms with E-state index < -0.39 is 0 Å². The third-order valence-corrected chi connectivity index (χ3v) is 19.4. The summed E-state index contributed by atoms with van der Waals surface area (Å²) >= 11 is 0. The largest absolute Gasteiger partial charge is 0.456 e. The van der Waals surface area contributed by atoms with E-state index in [1.165, 1.54) is 108 Å². The summed E-state index contributed by atoms with van der Waals surface area (Å²) in [7, 11) is 0. The van der Waals surface area contributed by atoms with Crippen LogP contribution in [0.15, 0.2) is 150 Å². The predicted molar refractivity (Wildman–Crippen MR) is 340 cm³/mol. The molecule has 9 aromatic rings. The number of furan rings is 1. The fourth-order valence-corrected chi connectivity index (χ4v) is 14.3. The SMILES string of the molecule is Cc1cc2c3c(c1)N(c1cc4c(cc1C)C(C)(C)CCC4(C)C)c1ccc(N(c4ccc(C(C)(C)C)cc4)c4cccc(C(C)(C)C)c4)cc1B3N(c1ccc3c(c1)C(C)(C)CCC3(C)C)c1cc3c(cc1-2)oc1ccccc13. The Hall–Kier alpha value is -6.98. The van der Waals surface area contributed by atoms with Gasteiger partial charge in [0.15, 0.2) is 0 Å². The highest BCUT2D eigenvalue weighted by Gasteiger charge is 2.48. The topological polar surface area (TPSA) is 22.9 Å². The van der Waals surface area contributed by atoms with E-state index in [9.17, 15) is 0 Å². The van der Waals surface area contributed by atoms with Gasteiger partial charge in [0.25, 0.3) is 0 Å². The molecule has 0 amide bonds. The van der Waals surface area contributed by atoms with Crippen molar-refractivity contribution in [2.75, 3.05) is 14.6 Å². The molecule has 400 valence electrons. The minimum atomic E-state index is -0.197. The standard InChI is InChI=1S/C74H80BN3O/c1-45-36-56-54-43-67-55(53-22-17-18-23-66(53)79-67)42-64(54)78(52-28-30-57-59(40-52)73(13,14)33-32-71(57,9)10)75-61-41-51(76(49-26-24-47(25-27-49)69(3,4)5)50-21-19-20-48(39-50)70(6,7)8)29-31-62(61)77(65(37-45)68(56)75)63-44-60-58(38-46(63)2)72(11,12)34-35-74(60,15)16/h17-31,36-44H,32-35H2,1-16H3. The zero-order chi connectivity index (χ0) is 55.7. The van der Waals surface area contributed by atoms with E-state index in [2.05, 4.69) is 271 Å². The molecule has 5 heteroatoms. The average molecular weight is 1040 g/mol. The fraction of sp³-hybridized carbons (Fsp3) is 0.351. The van der Waals surface area contributed by atoms with E-state index in [0.717, 1.165) is 51.8 Å². The first-order chi connectivity index (χ1) is 37.2. The van der Waals surface area contributed by atoms with Crippen molar-refractivity contribution >= 4 is 85.2 Å². The van der Waals surface area contributed by atoms with Crippen LogP contribution in [0.1, 0.15) is 167 Å². The molecule has 0 unspecified atom stereocenters. The Balaban J connectivity index is 1.15. The lowest BCUT2D eigenvalue weighted by molar-refractivity contribution is 0.332. The molecule has 0 bridgehead atoms. The van der Waals surface area contributed by atoms with Crippen molar-refractivity contribution in [3.05, 3.63) is 190 Å². The molecule has 79 heavy (non-hydrogen) atoms. The summed E-state index contributed by atoms with van der Waals surface area (Å²) in [6.45, 7) is 38.0. The minimum Gasteiger partial charge on any atom is -0.456 e. The van der Waals surface area contributed by atoms with Crippen molar-refractivity contribution in [2.24, 2.45) is 0 Å². The molecule has 2 aliphatic carbocycles. The quantitative estimate of drug-likeness (QED) is 0.160. The number of hydrogen-bond donors (Lipinski definition) is 0. The second-order valence-electron chi connectivity index (χ2n) is 28.9. The first-order valence-electron chi connectivity index (χ1n) is 29.4. The molecule has 0 saturated heterocycles. The van der Waals surface area contributed by atoms with Crippen LogP contribution in [0.2, 0.25) is 0 Å². The number of rotatable bonds is 5. The molecule has 0 saturated carbocycles. The maximum absolute atomic E-state index is 6.83. The molecular formula is C74H80BN3O. The van der Waals surface area contributed by atoms with Gasteiger partial charge in [0, 0.05) is 61.8 Å². The number of nitrogens with zero attached hydrogens (tertiary/aromatic N) is 3. The lowest BCUT2D eigenvalue weighted by Gasteiger charge is -2.48. The van der Waals surface area contributed by atoms with Gasteiger partial charge in [-0.3, -0.25) is 0 Å². The fourth-order valence-electron chi connectivity index (χ4n) is 14.3. The molecule has 13 rings (SSSR count).